The van der Waals surface area contributed by atoms with Crippen LogP contribution in [0.15, 0.2) is 24.3 Å². The first kappa shape index (κ1) is 14.6. The standard InChI is InChI=1S/C18H27N3/c1-3-12-19-16-9-6-7-15(16)11-13-21-14(2)20-17-8-4-5-10-18(17)21/h4-5,8,10,15-16,19H,3,6-7,9,11-13H2,1-2H3. The molecule has 2 atom stereocenters. The SMILES string of the molecule is CCCNC1CCCC1CCn1c(C)nc2ccccc21. The van der Waals surface area contributed by atoms with Crippen LogP contribution in [0.4, 0.5) is 0 Å². The van der Waals surface area contributed by atoms with E-state index in [1.165, 1.54) is 37.6 Å². The van der Waals surface area contributed by atoms with Crippen molar-refractivity contribution < 1.29 is 0 Å². The first-order valence-electron chi connectivity index (χ1n) is 8.45. The van der Waals surface area contributed by atoms with Gasteiger partial charge in [-0.2, -0.15) is 0 Å². The van der Waals surface area contributed by atoms with Gasteiger partial charge in [0.05, 0.1) is 11.0 Å². The number of benzene rings is 1. The Morgan fingerprint density at radius 1 is 1.29 bits per heavy atom. The largest absolute Gasteiger partial charge is 0.328 e. The highest BCUT2D eigenvalue weighted by Crippen LogP contribution is 2.29. The molecule has 1 N–H and O–H groups in total. The molecule has 1 aliphatic rings. The molecule has 0 amide bonds. The summed E-state index contributed by atoms with van der Waals surface area (Å²) in [4.78, 5) is 4.67. The van der Waals surface area contributed by atoms with Crippen LogP contribution in [0.25, 0.3) is 11.0 Å². The summed E-state index contributed by atoms with van der Waals surface area (Å²) < 4.78 is 2.39. The molecule has 3 rings (SSSR count). The zero-order chi connectivity index (χ0) is 14.7. The minimum absolute atomic E-state index is 0.736. The second kappa shape index (κ2) is 6.61. The van der Waals surface area contributed by atoms with E-state index in [9.17, 15) is 0 Å². The van der Waals surface area contributed by atoms with E-state index in [2.05, 4.69) is 53.0 Å². The second-order valence-electron chi connectivity index (χ2n) is 6.34. The second-order valence-corrected chi connectivity index (χ2v) is 6.34. The molecule has 1 aliphatic carbocycles. The highest BCUT2D eigenvalue weighted by atomic mass is 15.1. The van der Waals surface area contributed by atoms with E-state index in [0.29, 0.717) is 0 Å². The lowest BCUT2D eigenvalue weighted by Gasteiger charge is -2.21. The van der Waals surface area contributed by atoms with Gasteiger partial charge in [-0.1, -0.05) is 25.5 Å². The number of fused-ring (bicyclic) bond motifs is 1. The predicted octanol–water partition coefficient (Wildman–Crippen LogP) is 3.90. The summed E-state index contributed by atoms with van der Waals surface area (Å²) in [6.45, 7) is 6.63. The quantitative estimate of drug-likeness (QED) is 0.872. The van der Waals surface area contributed by atoms with E-state index in [1.807, 2.05) is 0 Å². The Labute approximate surface area is 127 Å². The van der Waals surface area contributed by atoms with Gasteiger partial charge >= 0.3 is 0 Å². The van der Waals surface area contributed by atoms with Crippen LogP contribution in [0.1, 0.15) is 44.9 Å². The van der Waals surface area contributed by atoms with Crippen LogP contribution >= 0.6 is 0 Å². The Balaban J connectivity index is 1.67. The topological polar surface area (TPSA) is 29.9 Å². The Bertz CT molecular complexity index is 587. The maximum atomic E-state index is 4.67. The van der Waals surface area contributed by atoms with Gasteiger partial charge in [-0.15, -0.1) is 0 Å². The minimum Gasteiger partial charge on any atom is -0.328 e. The summed E-state index contributed by atoms with van der Waals surface area (Å²) in [6.07, 6.45) is 6.62. The fourth-order valence-electron chi connectivity index (χ4n) is 3.75. The Morgan fingerprint density at radius 3 is 3.00 bits per heavy atom. The van der Waals surface area contributed by atoms with E-state index >= 15 is 0 Å². The summed E-state index contributed by atoms with van der Waals surface area (Å²) in [7, 11) is 0. The molecule has 114 valence electrons. The number of aryl methyl sites for hydroxylation is 2. The normalized spacial score (nSPS) is 22.2. The minimum atomic E-state index is 0.736. The Kier molecular flexibility index (Phi) is 4.59. The van der Waals surface area contributed by atoms with Crippen LogP contribution in [-0.4, -0.2) is 22.1 Å². The maximum absolute atomic E-state index is 4.67. The summed E-state index contributed by atoms with van der Waals surface area (Å²) in [6, 6.07) is 9.22. The predicted molar refractivity (Wildman–Crippen MR) is 88.5 cm³/mol. The number of hydrogen-bond acceptors (Lipinski definition) is 2. The van der Waals surface area contributed by atoms with Crippen molar-refractivity contribution in [1.29, 1.82) is 0 Å². The van der Waals surface area contributed by atoms with Crippen molar-refractivity contribution in [3.63, 3.8) is 0 Å². The third kappa shape index (κ3) is 3.13. The van der Waals surface area contributed by atoms with Crippen molar-refractivity contribution >= 4 is 11.0 Å². The first-order chi connectivity index (χ1) is 10.3. The number of imidazole rings is 1. The molecule has 2 unspecified atom stereocenters. The molecule has 1 aromatic heterocycles. The number of rotatable bonds is 6. The Morgan fingerprint density at radius 2 is 2.14 bits per heavy atom. The summed E-state index contributed by atoms with van der Waals surface area (Å²) in [5, 5.41) is 3.74. The molecule has 0 saturated heterocycles. The molecule has 1 fully saturated rings. The lowest BCUT2D eigenvalue weighted by atomic mass is 9.99. The van der Waals surface area contributed by atoms with Crippen molar-refractivity contribution in [3.05, 3.63) is 30.1 Å². The molecule has 0 radical (unpaired) electrons. The number of nitrogens with one attached hydrogen (secondary N) is 1. The van der Waals surface area contributed by atoms with Gasteiger partial charge in [0.1, 0.15) is 5.82 Å². The van der Waals surface area contributed by atoms with Crippen molar-refractivity contribution in [2.45, 2.75) is 58.5 Å². The fraction of sp³-hybridized carbons (Fsp3) is 0.611. The van der Waals surface area contributed by atoms with Crippen LogP contribution < -0.4 is 5.32 Å². The zero-order valence-corrected chi connectivity index (χ0v) is 13.3. The van der Waals surface area contributed by atoms with Gasteiger partial charge in [-0.25, -0.2) is 4.98 Å². The average molecular weight is 285 g/mol. The number of aromatic nitrogens is 2. The molecule has 21 heavy (non-hydrogen) atoms. The van der Waals surface area contributed by atoms with E-state index in [4.69, 9.17) is 0 Å². The van der Waals surface area contributed by atoms with Crippen LogP contribution in [0.3, 0.4) is 0 Å². The van der Waals surface area contributed by atoms with E-state index in [1.54, 1.807) is 0 Å². The molecule has 0 aliphatic heterocycles. The zero-order valence-electron chi connectivity index (χ0n) is 13.3. The number of para-hydroxylation sites is 2. The molecule has 1 heterocycles. The highest BCUT2D eigenvalue weighted by molar-refractivity contribution is 5.75. The van der Waals surface area contributed by atoms with Gasteiger partial charge in [-0.3, -0.25) is 0 Å². The van der Waals surface area contributed by atoms with Gasteiger partial charge in [0, 0.05) is 12.6 Å². The molecule has 0 spiro atoms. The molecule has 0 bridgehead atoms. The molecule has 1 saturated carbocycles. The summed E-state index contributed by atoms with van der Waals surface area (Å²) in [5.74, 6) is 1.98. The molecule has 3 nitrogen and oxygen atoms in total. The van der Waals surface area contributed by atoms with E-state index in [0.717, 1.165) is 36.4 Å². The van der Waals surface area contributed by atoms with Crippen LogP contribution in [0.2, 0.25) is 0 Å². The van der Waals surface area contributed by atoms with Crippen LogP contribution in [0, 0.1) is 12.8 Å². The van der Waals surface area contributed by atoms with Crippen molar-refractivity contribution in [2.24, 2.45) is 5.92 Å². The molecular formula is C18H27N3. The third-order valence-corrected chi connectivity index (χ3v) is 4.88. The van der Waals surface area contributed by atoms with Gasteiger partial charge in [0.25, 0.3) is 0 Å². The lowest BCUT2D eigenvalue weighted by molar-refractivity contribution is 0.362. The van der Waals surface area contributed by atoms with Gasteiger partial charge < -0.3 is 9.88 Å². The van der Waals surface area contributed by atoms with Gasteiger partial charge in [0.2, 0.25) is 0 Å². The summed E-state index contributed by atoms with van der Waals surface area (Å²) in [5.41, 5.74) is 2.41. The van der Waals surface area contributed by atoms with E-state index < -0.39 is 0 Å². The van der Waals surface area contributed by atoms with Gasteiger partial charge in [-0.05, 0) is 57.2 Å². The van der Waals surface area contributed by atoms with Crippen LogP contribution in [0.5, 0.6) is 0 Å². The van der Waals surface area contributed by atoms with Crippen molar-refractivity contribution in [3.8, 4) is 0 Å². The molecule has 1 aromatic carbocycles. The fourth-order valence-corrected chi connectivity index (χ4v) is 3.75. The molecule has 3 heteroatoms. The smallest absolute Gasteiger partial charge is 0.106 e. The van der Waals surface area contributed by atoms with E-state index in [-0.39, 0.29) is 0 Å². The van der Waals surface area contributed by atoms with Crippen molar-refractivity contribution in [1.82, 2.24) is 14.9 Å². The molecular weight excluding hydrogens is 258 g/mol. The first-order valence-corrected chi connectivity index (χ1v) is 8.45. The van der Waals surface area contributed by atoms with Crippen LogP contribution in [-0.2, 0) is 6.54 Å². The van der Waals surface area contributed by atoms with Gasteiger partial charge in [0.15, 0.2) is 0 Å². The number of nitrogens with zero attached hydrogens (tertiary/aromatic N) is 2. The Hall–Kier alpha value is -1.35. The molecule has 2 aromatic rings. The third-order valence-electron chi connectivity index (χ3n) is 4.88. The lowest BCUT2D eigenvalue weighted by Crippen LogP contribution is -2.33. The monoisotopic (exact) mass is 285 g/mol. The van der Waals surface area contributed by atoms with Crippen molar-refractivity contribution in [2.75, 3.05) is 6.54 Å². The summed E-state index contributed by atoms with van der Waals surface area (Å²) >= 11 is 0. The number of hydrogen-bond donors (Lipinski definition) is 1. The average Bonchev–Trinajstić information content (AvgIpc) is 3.06. The maximum Gasteiger partial charge on any atom is 0.106 e. The highest BCUT2D eigenvalue weighted by Gasteiger charge is 2.26.